The summed E-state index contributed by atoms with van der Waals surface area (Å²) in [5.41, 5.74) is 3.95. The van der Waals surface area contributed by atoms with Crippen molar-refractivity contribution in [3.05, 3.63) is 40.3 Å². The molecule has 0 bridgehead atoms. The molecule has 3 rings (SSSR count). The maximum Gasteiger partial charge on any atom is 0.220 e. The van der Waals surface area contributed by atoms with Gasteiger partial charge in [-0.1, -0.05) is 5.16 Å². The van der Waals surface area contributed by atoms with Crippen LogP contribution in [0.2, 0.25) is 0 Å². The molecule has 6 nitrogen and oxygen atoms in total. The van der Waals surface area contributed by atoms with E-state index in [4.69, 9.17) is 14.0 Å². The smallest absolute Gasteiger partial charge is 0.220 e. The molecule has 1 aliphatic heterocycles. The molecule has 0 aliphatic carbocycles. The number of nitrogens with zero attached hydrogens (tertiary/aromatic N) is 1. The second-order valence-electron chi connectivity index (χ2n) is 6.71. The second kappa shape index (κ2) is 7.81. The van der Waals surface area contributed by atoms with Crippen LogP contribution in [0, 0.1) is 13.8 Å². The normalized spacial score (nSPS) is 15.5. The number of fused-ring (bicyclic) bond motifs is 1. The monoisotopic (exact) mass is 358 g/mol. The zero-order valence-corrected chi connectivity index (χ0v) is 15.8. The Bertz CT molecular complexity index is 778. The van der Waals surface area contributed by atoms with Crippen molar-refractivity contribution in [2.45, 2.75) is 59.6 Å². The van der Waals surface area contributed by atoms with Crippen LogP contribution in [0.3, 0.4) is 0 Å². The molecule has 0 saturated heterocycles. The number of benzene rings is 1. The molecule has 1 atom stereocenters. The summed E-state index contributed by atoms with van der Waals surface area (Å²) in [5, 5.41) is 6.90. The fourth-order valence-corrected chi connectivity index (χ4v) is 3.29. The van der Waals surface area contributed by atoms with Gasteiger partial charge in [0.1, 0.15) is 23.4 Å². The van der Waals surface area contributed by atoms with Gasteiger partial charge in [0.25, 0.3) is 0 Å². The highest BCUT2D eigenvalue weighted by Crippen LogP contribution is 2.35. The summed E-state index contributed by atoms with van der Waals surface area (Å²) < 4.78 is 16.7. The number of carbonyl (C=O) groups excluding carboxylic acids is 1. The van der Waals surface area contributed by atoms with E-state index >= 15 is 0 Å². The maximum atomic E-state index is 12.3. The quantitative estimate of drug-likeness (QED) is 0.822. The highest BCUT2D eigenvalue weighted by atomic mass is 16.5. The van der Waals surface area contributed by atoms with Gasteiger partial charge < -0.3 is 19.3 Å². The predicted molar refractivity (Wildman–Crippen MR) is 97.5 cm³/mol. The highest BCUT2D eigenvalue weighted by molar-refractivity contribution is 5.76. The summed E-state index contributed by atoms with van der Waals surface area (Å²) in [4.78, 5) is 12.3. The first-order chi connectivity index (χ1) is 12.5. The number of hydrogen-bond donors (Lipinski definition) is 1. The molecular weight excluding hydrogens is 332 g/mol. The number of ether oxygens (including phenoxy) is 2. The van der Waals surface area contributed by atoms with Crippen LogP contribution < -0.4 is 14.8 Å². The number of aromatic nitrogens is 1. The van der Waals surface area contributed by atoms with Gasteiger partial charge in [-0.3, -0.25) is 4.79 Å². The van der Waals surface area contributed by atoms with Gasteiger partial charge in [0.15, 0.2) is 0 Å². The molecule has 0 fully saturated rings. The molecule has 1 aliphatic rings. The second-order valence-corrected chi connectivity index (χ2v) is 6.71. The van der Waals surface area contributed by atoms with Crippen LogP contribution in [0.5, 0.6) is 11.5 Å². The highest BCUT2D eigenvalue weighted by Gasteiger charge is 2.22. The van der Waals surface area contributed by atoms with E-state index in [-0.39, 0.29) is 12.0 Å². The Morgan fingerprint density at radius 1 is 1.38 bits per heavy atom. The van der Waals surface area contributed by atoms with E-state index in [2.05, 4.69) is 17.4 Å². The van der Waals surface area contributed by atoms with E-state index in [1.807, 2.05) is 32.9 Å². The lowest BCUT2D eigenvalue weighted by Crippen LogP contribution is -2.23. The van der Waals surface area contributed by atoms with Gasteiger partial charge in [-0.25, -0.2) is 0 Å². The van der Waals surface area contributed by atoms with Crippen LogP contribution in [0.15, 0.2) is 16.7 Å². The molecule has 0 saturated carbocycles. The lowest BCUT2D eigenvalue weighted by atomic mass is 10.1. The van der Waals surface area contributed by atoms with Crippen molar-refractivity contribution in [2.24, 2.45) is 0 Å². The Balaban J connectivity index is 1.61. The van der Waals surface area contributed by atoms with Gasteiger partial charge in [0, 0.05) is 36.1 Å². The standard InChI is InChI=1S/C20H26N2O4/c1-5-24-18-9-15-8-12(2)25-19(15)10-16(18)11-21-20(23)7-6-17-13(3)22-26-14(17)4/h9-10,12H,5-8,11H2,1-4H3,(H,21,23)/t12-/m1/s1. The van der Waals surface area contributed by atoms with Gasteiger partial charge in [-0.2, -0.15) is 0 Å². The molecule has 1 aromatic carbocycles. The Hall–Kier alpha value is -2.50. The van der Waals surface area contributed by atoms with E-state index in [9.17, 15) is 4.79 Å². The summed E-state index contributed by atoms with van der Waals surface area (Å²) >= 11 is 0. The minimum atomic E-state index is -0.0118. The molecule has 0 unspecified atom stereocenters. The van der Waals surface area contributed by atoms with E-state index in [0.29, 0.717) is 26.0 Å². The third-order valence-electron chi connectivity index (χ3n) is 4.64. The van der Waals surface area contributed by atoms with Crippen molar-refractivity contribution in [3.8, 4) is 11.5 Å². The molecular formula is C20H26N2O4. The summed E-state index contributed by atoms with van der Waals surface area (Å²) in [7, 11) is 0. The number of hydrogen-bond acceptors (Lipinski definition) is 5. The number of nitrogens with one attached hydrogen (secondary N) is 1. The first-order valence-corrected chi connectivity index (χ1v) is 9.11. The molecule has 6 heteroatoms. The average Bonchev–Trinajstić information content (AvgIpc) is 3.12. The lowest BCUT2D eigenvalue weighted by Gasteiger charge is -2.13. The van der Waals surface area contributed by atoms with E-state index in [1.165, 1.54) is 0 Å². The van der Waals surface area contributed by atoms with Crippen LogP contribution >= 0.6 is 0 Å². The molecule has 26 heavy (non-hydrogen) atoms. The Morgan fingerprint density at radius 2 is 2.19 bits per heavy atom. The zero-order chi connectivity index (χ0) is 18.7. The fourth-order valence-electron chi connectivity index (χ4n) is 3.29. The number of aryl methyl sites for hydroxylation is 2. The van der Waals surface area contributed by atoms with Gasteiger partial charge in [-0.05, 0) is 46.2 Å². The van der Waals surface area contributed by atoms with Gasteiger partial charge >= 0.3 is 0 Å². The van der Waals surface area contributed by atoms with Crippen molar-refractivity contribution in [2.75, 3.05) is 6.61 Å². The first kappa shape index (κ1) is 18.3. The van der Waals surface area contributed by atoms with Gasteiger partial charge in [0.05, 0.1) is 12.3 Å². The Labute approximate surface area is 153 Å². The largest absolute Gasteiger partial charge is 0.494 e. The van der Waals surface area contributed by atoms with Crippen molar-refractivity contribution < 1.29 is 18.8 Å². The number of amides is 1. The Kier molecular flexibility index (Phi) is 5.49. The van der Waals surface area contributed by atoms with Gasteiger partial charge in [0.2, 0.25) is 5.91 Å². The molecule has 140 valence electrons. The predicted octanol–water partition coefficient (Wildman–Crippen LogP) is 3.26. The summed E-state index contributed by atoms with van der Waals surface area (Å²) in [6, 6.07) is 4.02. The van der Waals surface area contributed by atoms with Crippen molar-refractivity contribution in [1.29, 1.82) is 0 Å². The summed E-state index contributed by atoms with van der Waals surface area (Å²) in [6.45, 7) is 8.77. The van der Waals surface area contributed by atoms with Crippen molar-refractivity contribution in [3.63, 3.8) is 0 Å². The van der Waals surface area contributed by atoms with E-state index in [1.54, 1.807) is 0 Å². The lowest BCUT2D eigenvalue weighted by molar-refractivity contribution is -0.121. The van der Waals surface area contributed by atoms with Crippen LogP contribution in [0.25, 0.3) is 0 Å². The topological polar surface area (TPSA) is 73.6 Å². The van der Waals surface area contributed by atoms with Crippen LogP contribution in [-0.2, 0) is 24.2 Å². The van der Waals surface area contributed by atoms with Crippen LogP contribution in [-0.4, -0.2) is 23.8 Å². The third-order valence-corrected chi connectivity index (χ3v) is 4.64. The third kappa shape index (κ3) is 4.00. The van der Waals surface area contributed by atoms with Crippen LogP contribution in [0.4, 0.5) is 0 Å². The number of carbonyl (C=O) groups is 1. The fraction of sp³-hybridized carbons (Fsp3) is 0.500. The molecule has 2 aromatic rings. The molecule has 1 amide bonds. The minimum absolute atomic E-state index is 0.0118. The van der Waals surface area contributed by atoms with Crippen LogP contribution in [0.1, 0.15) is 48.4 Å². The van der Waals surface area contributed by atoms with E-state index in [0.717, 1.165) is 46.1 Å². The minimum Gasteiger partial charge on any atom is -0.494 e. The van der Waals surface area contributed by atoms with Gasteiger partial charge in [-0.15, -0.1) is 0 Å². The first-order valence-electron chi connectivity index (χ1n) is 9.11. The molecule has 0 spiro atoms. The molecule has 2 heterocycles. The molecule has 1 aromatic heterocycles. The zero-order valence-electron chi connectivity index (χ0n) is 15.8. The number of rotatable bonds is 7. The van der Waals surface area contributed by atoms with Crippen molar-refractivity contribution in [1.82, 2.24) is 10.5 Å². The van der Waals surface area contributed by atoms with E-state index < -0.39 is 0 Å². The summed E-state index contributed by atoms with van der Waals surface area (Å²) in [6.07, 6.45) is 2.08. The Morgan fingerprint density at radius 3 is 2.88 bits per heavy atom. The summed E-state index contributed by atoms with van der Waals surface area (Å²) in [5.74, 6) is 2.47. The molecule has 1 N–H and O–H groups in total. The SMILES string of the molecule is CCOc1cc2c(cc1CNC(=O)CCc1c(C)noc1C)O[C@H](C)C2. The average molecular weight is 358 g/mol. The maximum absolute atomic E-state index is 12.3. The molecule has 0 radical (unpaired) electrons. The van der Waals surface area contributed by atoms with Crippen molar-refractivity contribution >= 4 is 5.91 Å².